The van der Waals surface area contributed by atoms with Crippen LogP contribution in [0.5, 0.6) is 0 Å². The second kappa shape index (κ2) is 11.5. The molecule has 1 aromatic heterocycles. The van der Waals surface area contributed by atoms with Gasteiger partial charge in [-0.3, -0.25) is 4.79 Å². The minimum atomic E-state index is -0.497. The molecule has 30 heavy (non-hydrogen) atoms. The summed E-state index contributed by atoms with van der Waals surface area (Å²) < 4.78 is 2.22. The number of thiazole rings is 1. The highest BCUT2D eigenvalue weighted by atomic mass is 32.2. The number of thioether (sulfide) groups is 1. The summed E-state index contributed by atoms with van der Waals surface area (Å²) in [5.41, 5.74) is 14.2. The molecule has 0 unspecified atom stereocenters. The van der Waals surface area contributed by atoms with E-state index in [-0.39, 0.29) is 11.9 Å². The number of aryl methyl sites for hydroxylation is 1. The fourth-order valence-electron chi connectivity index (χ4n) is 3.35. The SMILES string of the molecule is CN(C(=O)[C@@H](N)CCc1ccccc1)[C@@H](CCCN)CSc1nc2ccccc2s1. The van der Waals surface area contributed by atoms with Crippen molar-refractivity contribution in [1.29, 1.82) is 0 Å². The van der Waals surface area contributed by atoms with Gasteiger partial charge in [-0.1, -0.05) is 54.2 Å². The third-order valence-corrected chi connectivity index (χ3v) is 7.54. The number of carbonyl (C=O) groups excluding carboxylic acids is 1. The van der Waals surface area contributed by atoms with E-state index in [0.717, 1.165) is 34.9 Å². The summed E-state index contributed by atoms with van der Waals surface area (Å²) in [5, 5.41) is 0. The second-order valence-electron chi connectivity index (χ2n) is 7.42. The molecule has 0 aliphatic heterocycles. The molecule has 160 valence electrons. The number of amides is 1. The first kappa shape index (κ1) is 22.7. The average molecular weight is 443 g/mol. The summed E-state index contributed by atoms with van der Waals surface area (Å²) in [4.78, 5) is 19.5. The average Bonchev–Trinajstić information content (AvgIpc) is 3.20. The molecule has 0 aliphatic carbocycles. The molecule has 3 rings (SSSR count). The summed E-state index contributed by atoms with van der Waals surface area (Å²) in [6.45, 7) is 0.615. The van der Waals surface area contributed by atoms with Gasteiger partial charge in [0.1, 0.15) is 0 Å². The van der Waals surface area contributed by atoms with E-state index in [1.54, 1.807) is 23.1 Å². The molecule has 0 fully saturated rings. The van der Waals surface area contributed by atoms with Crippen molar-refractivity contribution in [3.05, 3.63) is 60.2 Å². The standard InChI is InChI=1S/C23H30N4OS2/c1-27(22(28)19(25)14-13-17-8-3-2-4-9-17)18(10-7-15-24)16-29-23-26-20-11-5-6-12-21(20)30-23/h2-6,8-9,11-12,18-19H,7,10,13-16,24-25H2,1H3/t18-,19-/m0/s1. The van der Waals surface area contributed by atoms with Crippen LogP contribution < -0.4 is 11.5 Å². The Morgan fingerprint density at radius 1 is 1.13 bits per heavy atom. The fraction of sp³-hybridized carbons (Fsp3) is 0.391. The van der Waals surface area contributed by atoms with Crippen molar-refractivity contribution in [1.82, 2.24) is 9.88 Å². The second-order valence-corrected chi connectivity index (χ2v) is 9.72. The highest BCUT2D eigenvalue weighted by Gasteiger charge is 2.25. The summed E-state index contributed by atoms with van der Waals surface area (Å²) in [7, 11) is 1.87. The van der Waals surface area contributed by atoms with E-state index >= 15 is 0 Å². The Bertz CT molecular complexity index is 898. The van der Waals surface area contributed by atoms with Crippen molar-refractivity contribution in [3.63, 3.8) is 0 Å². The lowest BCUT2D eigenvalue weighted by Crippen LogP contribution is -2.47. The zero-order chi connectivity index (χ0) is 21.3. The van der Waals surface area contributed by atoms with Gasteiger partial charge in [-0.15, -0.1) is 11.3 Å². The van der Waals surface area contributed by atoms with Gasteiger partial charge < -0.3 is 16.4 Å². The lowest BCUT2D eigenvalue weighted by atomic mass is 10.0. The Morgan fingerprint density at radius 3 is 2.60 bits per heavy atom. The van der Waals surface area contributed by atoms with Gasteiger partial charge in [-0.2, -0.15) is 0 Å². The van der Waals surface area contributed by atoms with Crippen LogP contribution in [0.4, 0.5) is 0 Å². The third-order valence-electron chi connectivity index (χ3n) is 5.21. The first-order chi connectivity index (χ1) is 14.6. The summed E-state index contributed by atoms with van der Waals surface area (Å²) in [5.74, 6) is 0.783. The van der Waals surface area contributed by atoms with E-state index in [4.69, 9.17) is 16.5 Å². The molecule has 2 aromatic carbocycles. The molecule has 5 nitrogen and oxygen atoms in total. The monoisotopic (exact) mass is 442 g/mol. The van der Waals surface area contributed by atoms with Gasteiger partial charge in [0.25, 0.3) is 0 Å². The van der Waals surface area contributed by atoms with Gasteiger partial charge in [0.05, 0.1) is 16.3 Å². The van der Waals surface area contributed by atoms with E-state index in [1.165, 1.54) is 10.3 Å². The van der Waals surface area contributed by atoms with Crippen molar-refractivity contribution < 1.29 is 4.79 Å². The van der Waals surface area contributed by atoms with Gasteiger partial charge in [0.2, 0.25) is 5.91 Å². The molecule has 0 spiro atoms. The normalized spacial score (nSPS) is 13.3. The van der Waals surface area contributed by atoms with E-state index in [9.17, 15) is 4.79 Å². The molecule has 4 N–H and O–H groups in total. The van der Waals surface area contributed by atoms with Crippen molar-refractivity contribution in [2.45, 2.75) is 42.1 Å². The van der Waals surface area contributed by atoms with Crippen molar-refractivity contribution in [3.8, 4) is 0 Å². The molecule has 0 aliphatic rings. The number of aromatic nitrogens is 1. The minimum Gasteiger partial charge on any atom is -0.341 e. The van der Waals surface area contributed by atoms with E-state index in [1.807, 2.05) is 48.3 Å². The number of fused-ring (bicyclic) bond motifs is 1. The Kier molecular flexibility index (Phi) is 8.69. The van der Waals surface area contributed by atoms with E-state index in [2.05, 4.69) is 18.2 Å². The predicted octanol–water partition coefficient (Wildman–Crippen LogP) is 3.91. The maximum atomic E-state index is 13.0. The molecule has 0 saturated carbocycles. The van der Waals surface area contributed by atoms with Gasteiger partial charge in [-0.05, 0) is 49.9 Å². The predicted molar refractivity (Wildman–Crippen MR) is 128 cm³/mol. The van der Waals surface area contributed by atoms with Crippen molar-refractivity contribution in [2.75, 3.05) is 19.3 Å². The summed E-state index contributed by atoms with van der Waals surface area (Å²) >= 11 is 3.40. The van der Waals surface area contributed by atoms with Gasteiger partial charge >= 0.3 is 0 Å². The van der Waals surface area contributed by atoms with Crippen LogP contribution >= 0.6 is 23.1 Å². The van der Waals surface area contributed by atoms with E-state index in [0.29, 0.717) is 13.0 Å². The smallest absolute Gasteiger partial charge is 0.239 e. The van der Waals surface area contributed by atoms with Gasteiger partial charge in [0.15, 0.2) is 4.34 Å². The molecule has 0 saturated heterocycles. The van der Waals surface area contributed by atoms with E-state index < -0.39 is 6.04 Å². The van der Waals surface area contributed by atoms with Crippen LogP contribution in [-0.2, 0) is 11.2 Å². The van der Waals surface area contributed by atoms with Crippen LogP contribution in [0.3, 0.4) is 0 Å². The fourth-order valence-corrected chi connectivity index (χ4v) is 5.65. The first-order valence-electron chi connectivity index (χ1n) is 10.3. The van der Waals surface area contributed by atoms with Crippen LogP contribution in [0.2, 0.25) is 0 Å². The highest BCUT2D eigenvalue weighted by molar-refractivity contribution is 8.01. The number of carbonyl (C=O) groups is 1. The Balaban J connectivity index is 1.58. The maximum Gasteiger partial charge on any atom is 0.239 e. The zero-order valence-corrected chi connectivity index (χ0v) is 19.0. The topological polar surface area (TPSA) is 85.2 Å². The lowest BCUT2D eigenvalue weighted by molar-refractivity contribution is -0.133. The van der Waals surface area contributed by atoms with Crippen LogP contribution in [0, 0.1) is 0 Å². The van der Waals surface area contributed by atoms with Gasteiger partial charge in [0, 0.05) is 18.8 Å². The Hall–Kier alpha value is -1.93. The van der Waals surface area contributed by atoms with Crippen LogP contribution in [-0.4, -0.2) is 47.2 Å². The van der Waals surface area contributed by atoms with Crippen LogP contribution in [0.25, 0.3) is 10.2 Å². The largest absolute Gasteiger partial charge is 0.341 e. The van der Waals surface area contributed by atoms with Crippen molar-refractivity contribution in [2.24, 2.45) is 11.5 Å². The molecule has 2 atom stereocenters. The quantitative estimate of drug-likeness (QED) is 0.440. The van der Waals surface area contributed by atoms with Crippen LogP contribution in [0.1, 0.15) is 24.8 Å². The summed E-state index contributed by atoms with van der Waals surface area (Å²) in [6.07, 6.45) is 3.18. The molecular weight excluding hydrogens is 412 g/mol. The molecule has 1 heterocycles. The molecule has 0 bridgehead atoms. The van der Waals surface area contributed by atoms with Gasteiger partial charge in [-0.25, -0.2) is 4.98 Å². The molecule has 7 heteroatoms. The first-order valence-corrected chi connectivity index (χ1v) is 12.1. The number of rotatable bonds is 11. The lowest BCUT2D eigenvalue weighted by Gasteiger charge is -2.30. The number of benzene rings is 2. The number of hydrogen-bond donors (Lipinski definition) is 2. The number of hydrogen-bond acceptors (Lipinski definition) is 6. The zero-order valence-electron chi connectivity index (χ0n) is 17.4. The summed E-state index contributed by atoms with van der Waals surface area (Å²) in [6, 6.07) is 17.9. The number of likely N-dealkylation sites (N-methyl/N-ethyl adjacent to an activating group) is 1. The number of nitrogens with two attached hydrogens (primary N) is 2. The minimum absolute atomic E-state index is 0.00199. The Morgan fingerprint density at radius 2 is 1.87 bits per heavy atom. The number of nitrogens with zero attached hydrogens (tertiary/aromatic N) is 2. The molecule has 3 aromatic rings. The highest BCUT2D eigenvalue weighted by Crippen LogP contribution is 2.30. The van der Waals surface area contributed by atoms with Crippen molar-refractivity contribution >= 4 is 39.2 Å². The molecule has 1 amide bonds. The van der Waals surface area contributed by atoms with Crippen LogP contribution in [0.15, 0.2) is 58.9 Å². The Labute approximate surface area is 186 Å². The molecular formula is C23H30N4OS2. The molecule has 0 radical (unpaired) electrons. The maximum absolute atomic E-state index is 13.0. The third kappa shape index (κ3) is 6.28. The number of para-hydroxylation sites is 1.